The van der Waals surface area contributed by atoms with Crippen LogP contribution in [0.2, 0.25) is 0 Å². The first-order valence-corrected chi connectivity index (χ1v) is 4.32. The van der Waals surface area contributed by atoms with Crippen LogP contribution < -0.4 is 5.73 Å². The zero-order valence-corrected chi connectivity index (χ0v) is 7.59. The van der Waals surface area contributed by atoms with Crippen LogP contribution in [0.4, 0.5) is 13.6 Å². The molecule has 1 saturated carbocycles. The van der Waals surface area contributed by atoms with Gasteiger partial charge in [0.2, 0.25) is 5.92 Å². The molecule has 13 heavy (non-hydrogen) atoms. The van der Waals surface area contributed by atoms with E-state index in [1.807, 2.05) is 0 Å². The number of halogens is 2. The second kappa shape index (κ2) is 3.47. The molecule has 0 aromatic carbocycles. The molecule has 1 rings (SSSR count). The van der Waals surface area contributed by atoms with E-state index in [4.69, 9.17) is 5.73 Å². The van der Waals surface area contributed by atoms with Crippen LogP contribution in [-0.2, 0) is 0 Å². The molecular formula is C8H14F2N2O. The molecule has 0 bridgehead atoms. The van der Waals surface area contributed by atoms with E-state index < -0.39 is 12.0 Å². The van der Waals surface area contributed by atoms with Gasteiger partial charge in [-0.1, -0.05) is 0 Å². The Morgan fingerprint density at radius 1 is 1.46 bits per heavy atom. The molecular weight excluding hydrogens is 178 g/mol. The van der Waals surface area contributed by atoms with Crippen molar-refractivity contribution in [2.45, 2.75) is 37.6 Å². The average Bonchev–Trinajstić information content (AvgIpc) is 2.03. The summed E-state index contributed by atoms with van der Waals surface area (Å²) >= 11 is 0. The molecule has 0 atom stereocenters. The Kier molecular flexibility index (Phi) is 2.73. The molecule has 0 aromatic heterocycles. The molecule has 76 valence electrons. The van der Waals surface area contributed by atoms with Gasteiger partial charge in [0, 0.05) is 25.9 Å². The van der Waals surface area contributed by atoms with Crippen molar-refractivity contribution in [3.8, 4) is 0 Å². The van der Waals surface area contributed by atoms with Crippen molar-refractivity contribution >= 4 is 6.03 Å². The van der Waals surface area contributed by atoms with Crippen LogP contribution in [0.15, 0.2) is 0 Å². The Morgan fingerprint density at radius 3 is 2.31 bits per heavy atom. The quantitative estimate of drug-likeness (QED) is 0.673. The average molecular weight is 192 g/mol. The van der Waals surface area contributed by atoms with Gasteiger partial charge in [0.15, 0.2) is 0 Å². The first-order chi connectivity index (χ1) is 5.92. The summed E-state index contributed by atoms with van der Waals surface area (Å²) in [5.74, 6) is -2.55. The van der Waals surface area contributed by atoms with E-state index in [1.165, 1.54) is 4.90 Å². The Bertz CT molecular complexity index is 198. The predicted octanol–water partition coefficient (Wildman–Crippen LogP) is 1.57. The Hall–Kier alpha value is -0.870. The van der Waals surface area contributed by atoms with Crippen molar-refractivity contribution in [1.82, 2.24) is 4.90 Å². The van der Waals surface area contributed by atoms with Gasteiger partial charge in [-0.3, -0.25) is 0 Å². The molecule has 1 aliphatic carbocycles. The Morgan fingerprint density at radius 2 is 1.92 bits per heavy atom. The fourth-order valence-corrected chi connectivity index (χ4v) is 1.59. The van der Waals surface area contributed by atoms with E-state index in [0.717, 1.165) is 0 Å². The Balaban J connectivity index is 2.45. The lowest BCUT2D eigenvalue weighted by atomic mass is 9.91. The number of nitrogens with zero attached hydrogens (tertiary/aromatic N) is 1. The molecule has 0 saturated heterocycles. The lowest BCUT2D eigenvalue weighted by Crippen LogP contribution is -2.44. The molecule has 3 nitrogen and oxygen atoms in total. The minimum atomic E-state index is -2.55. The van der Waals surface area contributed by atoms with Crippen molar-refractivity contribution in [2.75, 3.05) is 7.05 Å². The van der Waals surface area contributed by atoms with E-state index in [-0.39, 0.29) is 18.9 Å². The first-order valence-electron chi connectivity index (χ1n) is 4.32. The van der Waals surface area contributed by atoms with Crippen LogP contribution in [0, 0.1) is 0 Å². The molecule has 2 amide bonds. The molecule has 5 heteroatoms. The molecule has 1 fully saturated rings. The van der Waals surface area contributed by atoms with Crippen LogP contribution in [0.25, 0.3) is 0 Å². The number of urea groups is 1. The highest BCUT2D eigenvalue weighted by atomic mass is 19.3. The third-order valence-electron chi connectivity index (χ3n) is 2.58. The summed E-state index contributed by atoms with van der Waals surface area (Å²) in [4.78, 5) is 12.1. The maximum atomic E-state index is 12.7. The topological polar surface area (TPSA) is 46.3 Å². The van der Waals surface area contributed by atoms with Crippen molar-refractivity contribution in [3.05, 3.63) is 0 Å². The van der Waals surface area contributed by atoms with Gasteiger partial charge in [-0.15, -0.1) is 0 Å². The van der Waals surface area contributed by atoms with Gasteiger partial charge in [0.05, 0.1) is 0 Å². The number of carbonyl (C=O) groups excluding carboxylic acids is 1. The van der Waals surface area contributed by atoms with Crippen molar-refractivity contribution < 1.29 is 13.6 Å². The lowest BCUT2D eigenvalue weighted by Gasteiger charge is -2.33. The third-order valence-corrected chi connectivity index (χ3v) is 2.58. The van der Waals surface area contributed by atoms with Gasteiger partial charge in [0.25, 0.3) is 0 Å². The number of nitrogens with two attached hydrogens (primary N) is 1. The molecule has 0 unspecified atom stereocenters. The summed E-state index contributed by atoms with van der Waals surface area (Å²) in [5, 5.41) is 0. The number of alkyl halides is 2. The summed E-state index contributed by atoms with van der Waals surface area (Å²) in [7, 11) is 1.55. The molecule has 0 heterocycles. The number of rotatable bonds is 1. The van der Waals surface area contributed by atoms with E-state index >= 15 is 0 Å². The maximum absolute atomic E-state index is 12.7. The monoisotopic (exact) mass is 192 g/mol. The predicted molar refractivity (Wildman–Crippen MR) is 44.5 cm³/mol. The van der Waals surface area contributed by atoms with Crippen LogP contribution in [-0.4, -0.2) is 29.9 Å². The van der Waals surface area contributed by atoms with Crippen molar-refractivity contribution in [1.29, 1.82) is 0 Å². The van der Waals surface area contributed by atoms with Crippen molar-refractivity contribution in [3.63, 3.8) is 0 Å². The summed E-state index contributed by atoms with van der Waals surface area (Å²) in [6.07, 6.45) is 0.392. The van der Waals surface area contributed by atoms with Crippen LogP contribution in [0.1, 0.15) is 25.7 Å². The van der Waals surface area contributed by atoms with Gasteiger partial charge in [-0.25, -0.2) is 13.6 Å². The highest BCUT2D eigenvalue weighted by molar-refractivity contribution is 5.72. The minimum Gasteiger partial charge on any atom is -0.351 e. The smallest absolute Gasteiger partial charge is 0.314 e. The zero-order chi connectivity index (χ0) is 10.1. The van der Waals surface area contributed by atoms with Gasteiger partial charge in [-0.05, 0) is 12.8 Å². The normalized spacial score (nSPS) is 22.7. The molecule has 0 aliphatic heterocycles. The zero-order valence-electron chi connectivity index (χ0n) is 7.59. The van der Waals surface area contributed by atoms with Crippen LogP contribution >= 0.6 is 0 Å². The second-order valence-electron chi connectivity index (χ2n) is 3.54. The van der Waals surface area contributed by atoms with Gasteiger partial charge < -0.3 is 10.6 Å². The van der Waals surface area contributed by atoms with E-state index in [2.05, 4.69) is 0 Å². The van der Waals surface area contributed by atoms with Gasteiger partial charge in [-0.2, -0.15) is 0 Å². The molecule has 0 radical (unpaired) electrons. The Labute approximate surface area is 75.9 Å². The highest BCUT2D eigenvalue weighted by Crippen LogP contribution is 2.34. The summed E-state index contributed by atoms with van der Waals surface area (Å²) in [6.45, 7) is 0. The highest BCUT2D eigenvalue weighted by Gasteiger charge is 2.36. The van der Waals surface area contributed by atoms with E-state index in [1.54, 1.807) is 7.05 Å². The number of hydrogen-bond donors (Lipinski definition) is 1. The van der Waals surface area contributed by atoms with E-state index in [0.29, 0.717) is 12.8 Å². The molecule has 0 spiro atoms. The van der Waals surface area contributed by atoms with Gasteiger partial charge >= 0.3 is 6.03 Å². The van der Waals surface area contributed by atoms with Gasteiger partial charge in [0.1, 0.15) is 0 Å². The second-order valence-corrected chi connectivity index (χ2v) is 3.54. The fraction of sp³-hybridized carbons (Fsp3) is 0.875. The minimum absolute atomic E-state index is 0.114. The van der Waals surface area contributed by atoms with E-state index in [9.17, 15) is 13.6 Å². The fourth-order valence-electron chi connectivity index (χ4n) is 1.59. The summed E-state index contributed by atoms with van der Waals surface area (Å²) in [5.41, 5.74) is 5.03. The summed E-state index contributed by atoms with van der Waals surface area (Å²) in [6, 6.07) is -0.660. The number of primary amides is 1. The standard InChI is InChI=1S/C8H14F2N2O/c1-12(7(11)13)6-2-4-8(9,10)5-3-6/h6H,2-5H2,1H3,(H2,11,13). The molecule has 1 aliphatic rings. The van der Waals surface area contributed by atoms with Crippen molar-refractivity contribution in [2.24, 2.45) is 5.73 Å². The number of hydrogen-bond acceptors (Lipinski definition) is 1. The first kappa shape index (κ1) is 10.2. The molecule has 2 N–H and O–H groups in total. The largest absolute Gasteiger partial charge is 0.351 e. The summed E-state index contributed by atoms with van der Waals surface area (Å²) < 4.78 is 25.4. The van der Waals surface area contributed by atoms with Crippen LogP contribution in [0.3, 0.4) is 0 Å². The maximum Gasteiger partial charge on any atom is 0.314 e. The van der Waals surface area contributed by atoms with Crippen LogP contribution in [0.5, 0.6) is 0 Å². The number of amides is 2. The molecule has 0 aromatic rings. The number of carbonyl (C=O) groups is 1. The SMILES string of the molecule is CN(C(N)=O)C1CCC(F)(F)CC1. The lowest BCUT2D eigenvalue weighted by molar-refractivity contribution is -0.0475. The third kappa shape index (κ3) is 2.54.